The predicted molar refractivity (Wildman–Crippen MR) is 138 cm³/mol. The largest absolute Gasteiger partial charge is 0.416 e. The van der Waals surface area contributed by atoms with Gasteiger partial charge in [-0.3, -0.25) is 18.7 Å². The van der Waals surface area contributed by atoms with Gasteiger partial charge in [-0.15, -0.1) is 0 Å². The van der Waals surface area contributed by atoms with E-state index in [9.17, 15) is 40.4 Å². The van der Waals surface area contributed by atoms with Gasteiger partial charge in [-0.1, -0.05) is 0 Å². The number of Topliss-reactive ketones (excluding diaryl/α,β-unsaturated/α-hetero) is 1. The van der Waals surface area contributed by atoms with Crippen molar-refractivity contribution in [3.05, 3.63) is 92.5 Å². The van der Waals surface area contributed by atoms with Gasteiger partial charge in [-0.2, -0.15) is 17.5 Å². The zero-order valence-corrected chi connectivity index (χ0v) is 22.5. The Morgan fingerprint density at radius 1 is 1.02 bits per heavy atom. The molecule has 8 nitrogen and oxygen atoms in total. The SMILES string of the molecule is CC(C)n1c(=O)c(CCC(=O)[C@@H]2CCCN2S(=O)(=O)c2ccc(F)cc2)cn(-c2ccc(C(F)(F)F)cc2)c1=O. The van der Waals surface area contributed by atoms with Gasteiger partial charge >= 0.3 is 11.9 Å². The van der Waals surface area contributed by atoms with Gasteiger partial charge in [0.25, 0.3) is 5.56 Å². The number of aromatic nitrogens is 2. The number of hydrogen-bond donors (Lipinski definition) is 0. The Labute approximate surface area is 227 Å². The molecule has 1 aliphatic heterocycles. The van der Waals surface area contributed by atoms with Gasteiger partial charge in [-0.05, 0) is 81.6 Å². The first-order valence-corrected chi connectivity index (χ1v) is 14.0. The van der Waals surface area contributed by atoms with Crippen LogP contribution in [0.2, 0.25) is 0 Å². The number of carbonyl (C=O) groups is 1. The monoisotopic (exact) mass is 581 g/mol. The highest BCUT2D eigenvalue weighted by atomic mass is 32.2. The quantitative estimate of drug-likeness (QED) is 0.374. The standard InChI is InChI=1S/C27H27F4N3O5S/c1-17(2)34-25(36)18(16-32(26(34)37)21-10-6-19(7-11-21)27(29,30)31)5-14-24(35)23-4-3-15-33(23)40(38,39)22-12-8-20(28)9-13-22/h6-13,16-17,23H,3-5,14-15H2,1-2H3/t23-/m0/s1. The highest BCUT2D eigenvalue weighted by molar-refractivity contribution is 7.89. The number of halogens is 4. The third-order valence-corrected chi connectivity index (χ3v) is 8.74. The smallest absolute Gasteiger partial charge is 0.298 e. The lowest BCUT2D eigenvalue weighted by Gasteiger charge is -2.23. The molecular weight excluding hydrogens is 554 g/mol. The van der Waals surface area contributed by atoms with Crippen molar-refractivity contribution in [1.29, 1.82) is 0 Å². The highest BCUT2D eigenvalue weighted by Gasteiger charge is 2.39. The van der Waals surface area contributed by atoms with E-state index >= 15 is 0 Å². The molecular formula is C27H27F4N3O5S. The van der Waals surface area contributed by atoms with Crippen LogP contribution in [0, 0.1) is 5.82 Å². The molecule has 1 aliphatic rings. The van der Waals surface area contributed by atoms with Crippen molar-refractivity contribution in [2.75, 3.05) is 6.54 Å². The third-order valence-electron chi connectivity index (χ3n) is 6.82. The molecule has 0 N–H and O–H groups in total. The summed E-state index contributed by atoms with van der Waals surface area (Å²) in [6.07, 6.45) is -2.97. The molecule has 2 heterocycles. The lowest BCUT2D eigenvalue weighted by Crippen LogP contribution is -2.42. The van der Waals surface area contributed by atoms with Crippen LogP contribution in [0.3, 0.4) is 0 Å². The molecule has 3 aromatic rings. The average molecular weight is 582 g/mol. The zero-order chi connectivity index (χ0) is 29.4. The fourth-order valence-electron chi connectivity index (χ4n) is 4.76. The van der Waals surface area contributed by atoms with Crippen LogP contribution in [0.4, 0.5) is 17.6 Å². The van der Waals surface area contributed by atoms with Crippen LogP contribution in [0.1, 0.15) is 50.3 Å². The van der Waals surface area contributed by atoms with E-state index in [1.54, 1.807) is 13.8 Å². The molecule has 1 atom stereocenters. The number of ketones is 1. The fourth-order valence-corrected chi connectivity index (χ4v) is 6.44. The first-order chi connectivity index (χ1) is 18.7. The zero-order valence-electron chi connectivity index (χ0n) is 21.7. The van der Waals surface area contributed by atoms with Crippen molar-refractivity contribution in [3.8, 4) is 5.69 Å². The normalized spacial score (nSPS) is 16.5. The van der Waals surface area contributed by atoms with Crippen molar-refractivity contribution in [1.82, 2.24) is 13.4 Å². The predicted octanol–water partition coefficient (Wildman–Crippen LogP) is 4.09. The Balaban J connectivity index is 1.62. The van der Waals surface area contributed by atoms with Gasteiger partial charge < -0.3 is 0 Å². The fraction of sp³-hybridized carbons (Fsp3) is 0.370. The van der Waals surface area contributed by atoms with Crippen molar-refractivity contribution in [2.24, 2.45) is 0 Å². The van der Waals surface area contributed by atoms with Gasteiger partial charge in [0.15, 0.2) is 5.78 Å². The maximum atomic E-state index is 13.3. The summed E-state index contributed by atoms with van der Waals surface area (Å²) in [5.41, 5.74) is -2.11. The highest BCUT2D eigenvalue weighted by Crippen LogP contribution is 2.30. The van der Waals surface area contributed by atoms with Gasteiger partial charge in [0, 0.05) is 30.8 Å². The van der Waals surface area contributed by atoms with Gasteiger partial charge in [0.05, 0.1) is 22.2 Å². The van der Waals surface area contributed by atoms with E-state index in [-0.39, 0.29) is 42.0 Å². The summed E-state index contributed by atoms with van der Waals surface area (Å²) in [6, 6.07) is 6.63. The van der Waals surface area contributed by atoms with E-state index in [0.717, 1.165) is 62.0 Å². The van der Waals surface area contributed by atoms with E-state index in [1.165, 1.54) is 6.20 Å². The van der Waals surface area contributed by atoms with Crippen LogP contribution in [-0.2, 0) is 27.4 Å². The summed E-state index contributed by atoms with van der Waals surface area (Å²) >= 11 is 0. The second-order valence-electron chi connectivity index (χ2n) is 9.81. The van der Waals surface area contributed by atoms with Crippen LogP contribution in [0.5, 0.6) is 0 Å². The summed E-state index contributed by atoms with van der Waals surface area (Å²) in [6.45, 7) is 3.31. The van der Waals surface area contributed by atoms with E-state index in [0.29, 0.717) is 6.42 Å². The van der Waals surface area contributed by atoms with E-state index in [2.05, 4.69) is 0 Å². The van der Waals surface area contributed by atoms with Crippen LogP contribution in [0.15, 0.2) is 69.2 Å². The van der Waals surface area contributed by atoms with Gasteiger partial charge in [0.1, 0.15) is 5.82 Å². The van der Waals surface area contributed by atoms with Gasteiger partial charge in [-0.25, -0.2) is 17.6 Å². The molecule has 214 valence electrons. The van der Waals surface area contributed by atoms with Crippen molar-refractivity contribution in [2.45, 2.75) is 62.7 Å². The summed E-state index contributed by atoms with van der Waals surface area (Å²) in [5.74, 6) is -1.02. The van der Waals surface area contributed by atoms with Crippen molar-refractivity contribution >= 4 is 15.8 Å². The minimum Gasteiger partial charge on any atom is -0.298 e. The Kier molecular flexibility index (Phi) is 8.18. The molecule has 4 rings (SSSR count). The summed E-state index contributed by atoms with van der Waals surface area (Å²) < 4.78 is 81.7. The molecule has 0 aliphatic carbocycles. The first-order valence-electron chi connectivity index (χ1n) is 12.6. The lowest BCUT2D eigenvalue weighted by molar-refractivity contribution is -0.137. The van der Waals surface area contributed by atoms with Crippen LogP contribution in [-0.4, -0.2) is 40.2 Å². The molecule has 0 spiro atoms. The topological polar surface area (TPSA) is 98.4 Å². The molecule has 0 bridgehead atoms. The van der Waals surface area contributed by atoms with Gasteiger partial charge in [0.2, 0.25) is 10.0 Å². The number of sulfonamides is 1. The number of hydrogen-bond acceptors (Lipinski definition) is 5. The number of aryl methyl sites for hydroxylation is 1. The molecule has 2 aromatic carbocycles. The minimum atomic E-state index is -4.57. The summed E-state index contributed by atoms with van der Waals surface area (Å²) in [5, 5.41) is 0. The second kappa shape index (κ2) is 11.1. The van der Waals surface area contributed by atoms with Crippen LogP contribution < -0.4 is 11.2 Å². The lowest BCUT2D eigenvalue weighted by atomic mass is 10.0. The number of nitrogens with zero attached hydrogens (tertiary/aromatic N) is 3. The number of benzene rings is 2. The molecule has 1 saturated heterocycles. The molecule has 0 unspecified atom stereocenters. The molecule has 0 radical (unpaired) electrons. The minimum absolute atomic E-state index is 0.0764. The van der Waals surface area contributed by atoms with Crippen LogP contribution >= 0.6 is 0 Å². The van der Waals surface area contributed by atoms with Crippen molar-refractivity contribution < 1.29 is 30.8 Å². The maximum absolute atomic E-state index is 13.3. The number of carbonyl (C=O) groups excluding carboxylic acids is 1. The Morgan fingerprint density at radius 2 is 1.65 bits per heavy atom. The Hall–Kier alpha value is -3.58. The molecule has 13 heteroatoms. The molecule has 1 fully saturated rings. The van der Waals surface area contributed by atoms with Crippen molar-refractivity contribution in [3.63, 3.8) is 0 Å². The average Bonchev–Trinajstić information content (AvgIpc) is 3.39. The molecule has 0 saturated carbocycles. The van der Waals surface area contributed by atoms with E-state index in [4.69, 9.17) is 0 Å². The maximum Gasteiger partial charge on any atom is 0.416 e. The second-order valence-corrected chi connectivity index (χ2v) is 11.7. The first kappa shape index (κ1) is 29.4. The van der Waals surface area contributed by atoms with E-state index < -0.39 is 56.7 Å². The van der Waals surface area contributed by atoms with E-state index in [1.807, 2.05) is 0 Å². The number of rotatable bonds is 8. The summed E-state index contributed by atoms with van der Waals surface area (Å²) in [7, 11) is -4.07. The number of alkyl halides is 3. The summed E-state index contributed by atoms with van der Waals surface area (Å²) in [4.78, 5) is 39.2. The molecule has 0 amide bonds. The third kappa shape index (κ3) is 5.80. The van der Waals surface area contributed by atoms with Crippen LogP contribution in [0.25, 0.3) is 5.69 Å². The Morgan fingerprint density at radius 3 is 2.23 bits per heavy atom. The molecule has 1 aromatic heterocycles. The molecule has 40 heavy (non-hydrogen) atoms. The Bertz CT molecular complexity index is 1630.